The summed E-state index contributed by atoms with van der Waals surface area (Å²) in [6, 6.07) is 8.23. The lowest BCUT2D eigenvalue weighted by molar-refractivity contribution is -0.136. The average molecular weight is 352 g/mol. The normalized spacial score (nSPS) is 25.3. The molecule has 2 aromatic rings. The van der Waals surface area contributed by atoms with Gasteiger partial charge in [-0.05, 0) is 36.3 Å². The first kappa shape index (κ1) is 16.9. The monoisotopic (exact) mass is 352 g/mol. The second-order valence-corrected chi connectivity index (χ2v) is 7.43. The largest absolute Gasteiger partial charge is 0.466 e. The third-order valence-corrected chi connectivity index (χ3v) is 5.85. The minimum absolute atomic E-state index is 0.142. The Morgan fingerprint density at radius 1 is 1.35 bits per heavy atom. The predicted octanol–water partition coefficient (Wildman–Crippen LogP) is 2.92. The molecule has 0 unspecified atom stereocenters. The maximum Gasteiger partial charge on any atom is 0.333 e. The van der Waals surface area contributed by atoms with Gasteiger partial charge in [-0.1, -0.05) is 31.2 Å². The molecule has 5 nitrogen and oxygen atoms in total. The van der Waals surface area contributed by atoms with Crippen LogP contribution in [0.4, 0.5) is 0 Å². The number of hydrogen-bond acceptors (Lipinski definition) is 3. The summed E-state index contributed by atoms with van der Waals surface area (Å²) in [7, 11) is 1.39. The lowest BCUT2D eigenvalue weighted by Gasteiger charge is -2.26. The molecule has 3 atom stereocenters. The molecule has 26 heavy (non-hydrogen) atoms. The van der Waals surface area contributed by atoms with E-state index in [1.54, 1.807) is 0 Å². The first-order chi connectivity index (χ1) is 12.6. The van der Waals surface area contributed by atoms with Gasteiger partial charge in [-0.2, -0.15) is 0 Å². The molecule has 0 bridgehead atoms. The Hall–Kier alpha value is -2.56. The van der Waals surface area contributed by atoms with Gasteiger partial charge in [0.25, 0.3) is 0 Å². The van der Waals surface area contributed by atoms with Crippen LogP contribution in [-0.4, -0.2) is 42.0 Å². The predicted molar refractivity (Wildman–Crippen MR) is 99.4 cm³/mol. The number of likely N-dealkylation sites (tertiary alicyclic amines) is 1. The molecular weight excluding hydrogens is 328 g/mol. The Labute approximate surface area is 153 Å². The fraction of sp³-hybridized carbons (Fsp3) is 0.429. The summed E-state index contributed by atoms with van der Waals surface area (Å²) in [5, 5.41) is 1.22. The Morgan fingerprint density at radius 2 is 2.15 bits per heavy atom. The van der Waals surface area contributed by atoms with Crippen LogP contribution >= 0.6 is 0 Å². The van der Waals surface area contributed by atoms with Crippen molar-refractivity contribution in [1.82, 2.24) is 9.88 Å². The van der Waals surface area contributed by atoms with E-state index in [9.17, 15) is 9.59 Å². The zero-order valence-corrected chi connectivity index (χ0v) is 15.2. The van der Waals surface area contributed by atoms with Crippen molar-refractivity contribution in [3.63, 3.8) is 0 Å². The summed E-state index contributed by atoms with van der Waals surface area (Å²) >= 11 is 0. The number of methoxy groups -OCH3 is 1. The van der Waals surface area contributed by atoms with Gasteiger partial charge in [0.2, 0.25) is 5.91 Å². The number of para-hydroxylation sites is 1. The fourth-order valence-corrected chi connectivity index (χ4v) is 4.45. The second-order valence-electron chi connectivity index (χ2n) is 7.43. The second kappa shape index (κ2) is 6.63. The number of carbonyl (C=O) groups is 2. The van der Waals surface area contributed by atoms with Gasteiger partial charge in [0.15, 0.2) is 0 Å². The van der Waals surface area contributed by atoms with Gasteiger partial charge in [0.05, 0.1) is 13.0 Å². The number of nitrogens with zero attached hydrogens (tertiary/aromatic N) is 1. The van der Waals surface area contributed by atoms with E-state index in [0.29, 0.717) is 18.0 Å². The Morgan fingerprint density at radius 3 is 2.96 bits per heavy atom. The molecule has 1 fully saturated rings. The number of rotatable bonds is 4. The molecule has 0 radical (unpaired) electrons. The van der Waals surface area contributed by atoms with Crippen molar-refractivity contribution in [2.45, 2.75) is 19.8 Å². The van der Waals surface area contributed by atoms with Gasteiger partial charge in [-0.25, -0.2) is 4.79 Å². The third-order valence-electron chi connectivity index (χ3n) is 5.85. The standard InChI is InChI=1S/C21H24N2O3/c1-13-9-15-12-23(20(24)18(15)10-17(13)21(25)26-2)8-7-14-11-22-19-6-4-3-5-16(14)19/h3-6,10-11,13,15,18,22H,7-9,12H2,1-2H3/t13-,15+,18+/m0/s1. The first-order valence-electron chi connectivity index (χ1n) is 9.22. The number of H-pyrrole nitrogens is 1. The van der Waals surface area contributed by atoms with Crippen LogP contribution in [0.15, 0.2) is 42.1 Å². The topological polar surface area (TPSA) is 62.4 Å². The molecule has 1 aliphatic heterocycles. The van der Waals surface area contributed by atoms with E-state index in [2.05, 4.69) is 17.1 Å². The highest BCUT2D eigenvalue weighted by Gasteiger charge is 2.43. The number of esters is 1. The molecule has 1 amide bonds. The zero-order valence-electron chi connectivity index (χ0n) is 15.2. The van der Waals surface area contributed by atoms with Crippen molar-refractivity contribution in [3.8, 4) is 0 Å². The summed E-state index contributed by atoms with van der Waals surface area (Å²) in [5.41, 5.74) is 3.02. The van der Waals surface area contributed by atoms with Crippen molar-refractivity contribution < 1.29 is 14.3 Å². The van der Waals surface area contributed by atoms with Crippen LogP contribution < -0.4 is 0 Å². The van der Waals surface area contributed by atoms with Crippen LogP contribution in [0.5, 0.6) is 0 Å². The van der Waals surface area contributed by atoms with Gasteiger partial charge in [-0.3, -0.25) is 4.79 Å². The molecule has 1 aromatic carbocycles. The SMILES string of the molecule is COC(=O)C1=C[C@H]2C(=O)N(CCc3c[nH]c4ccccc34)C[C@H]2C[C@@H]1C. The lowest BCUT2D eigenvalue weighted by atomic mass is 9.77. The van der Waals surface area contributed by atoms with Crippen LogP contribution in [-0.2, 0) is 20.7 Å². The molecule has 136 valence electrons. The van der Waals surface area contributed by atoms with E-state index in [1.165, 1.54) is 18.1 Å². The molecule has 0 spiro atoms. The average Bonchev–Trinajstić information content (AvgIpc) is 3.20. The van der Waals surface area contributed by atoms with Gasteiger partial charge < -0.3 is 14.6 Å². The molecule has 1 N–H and O–H groups in total. The summed E-state index contributed by atoms with van der Waals surface area (Å²) < 4.78 is 4.87. The van der Waals surface area contributed by atoms with E-state index in [1.807, 2.05) is 36.2 Å². The number of ether oxygens (including phenoxy) is 1. The molecule has 1 saturated heterocycles. The number of benzene rings is 1. The van der Waals surface area contributed by atoms with E-state index in [4.69, 9.17) is 4.74 Å². The maximum absolute atomic E-state index is 12.8. The smallest absolute Gasteiger partial charge is 0.333 e. The quantitative estimate of drug-likeness (QED) is 0.861. The minimum atomic E-state index is -0.305. The van der Waals surface area contributed by atoms with Gasteiger partial charge in [-0.15, -0.1) is 0 Å². The number of aromatic amines is 1. The molecule has 0 saturated carbocycles. The van der Waals surface area contributed by atoms with E-state index in [-0.39, 0.29) is 23.7 Å². The molecule has 1 aliphatic carbocycles. The minimum Gasteiger partial charge on any atom is -0.466 e. The van der Waals surface area contributed by atoms with Gasteiger partial charge >= 0.3 is 5.97 Å². The third kappa shape index (κ3) is 2.81. The van der Waals surface area contributed by atoms with Crippen LogP contribution in [0.2, 0.25) is 0 Å². The van der Waals surface area contributed by atoms with Crippen LogP contribution in [0, 0.1) is 17.8 Å². The fourth-order valence-electron chi connectivity index (χ4n) is 4.45. The zero-order chi connectivity index (χ0) is 18.3. The molecule has 4 rings (SSSR count). The summed E-state index contributed by atoms with van der Waals surface area (Å²) in [6.07, 6.45) is 5.59. The number of amides is 1. The highest BCUT2D eigenvalue weighted by molar-refractivity contribution is 5.92. The molecule has 1 aromatic heterocycles. The van der Waals surface area contributed by atoms with Crippen molar-refractivity contribution in [1.29, 1.82) is 0 Å². The molecule has 5 heteroatoms. The van der Waals surface area contributed by atoms with E-state index in [0.717, 1.165) is 24.9 Å². The molecule has 2 heterocycles. The molecule has 2 aliphatic rings. The summed E-state index contributed by atoms with van der Waals surface area (Å²) in [5.74, 6) is 0.103. The number of fused-ring (bicyclic) bond motifs is 2. The van der Waals surface area contributed by atoms with Crippen molar-refractivity contribution in [3.05, 3.63) is 47.7 Å². The number of aromatic nitrogens is 1. The number of nitrogens with one attached hydrogen (secondary N) is 1. The molecular formula is C21H24N2O3. The Balaban J connectivity index is 1.48. The Kier molecular flexibility index (Phi) is 4.31. The van der Waals surface area contributed by atoms with Crippen LogP contribution in [0.25, 0.3) is 10.9 Å². The van der Waals surface area contributed by atoms with Crippen molar-refractivity contribution >= 4 is 22.8 Å². The highest BCUT2D eigenvalue weighted by Crippen LogP contribution is 2.39. The van der Waals surface area contributed by atoms with Gasteiger partial charge in [0.1, 0.15) is 0 Å². The van der Waals surface area contributed by atoms with E-state index >= 15 is 0 Å². The maximum atomic E-state index is 12.8. The van der Waals surface area contributed by atoms with Crippen LogP contribution in [0.3, 0.4) is 0 Å². The van der Waals surface area contributed by atoms with Crippen molar-refractivity contribution in [2.75, 3.05) is 20.2 Å². The lowest BCUT2D eigenvalue weighted by Crippen LogP contribution is -2.29. The van der Waals surface area contributed by atoms with E-state index < -0.39 is 0 Å². The van der Waals surface area contributed by atoms with Gasteiger partial charge in [0, 0.05) is 35.8 Å². The first-order valence-corrected chi connectivity index (χ1v) is 9.22. The summed E-state index contributed by atoms with van der Waals surface area (Å²) in [4.78, 5) is 30.0. The van der Waals surface area contributed by atoms with Crippen molar-refractivity contribution in [2.24, 2.45) is 17.8 Å². The number of hydrogen-bond donors (Lipinski definition) is 1. The summed E-state index contributed by atoms with van der Waals surface area (Å²) in [6.45, 7) is 3.53. The highest BCUT2D eigenvalue weighted by atomic mass is 16.5. The number of carbonyl (C=O) groups excluding carboxylic acids is 2. The van der Waals surface area contributed by atoms with Crippen LogP contribution in [0.1, 0.15) is 18.9 Å². The Bertz CT molecular complexity index is 882.